The minimum Gasteiger partial charge on any atom is -0.504 e. The lowest BCUT2D eigenvalue weighted by Gasteiger charge is -2.16. The maximum atomic E-state index is 12.8. The van der Waals surface area contributed by atoms with Crippen LogP contribution in [0.25, 0.3) is 10.9 Å². The van der Waals surface area contributed by atoms with Gasteiger partial charge in [-0.05, 0) is 18.5 Å². The van der Waals surface area contributed by atoms with Crippen molar-refractivity contribution in [2.24, 2.45) is 5.92 Å². The summed E-state index contributed by atoms with van der Waals surface area (Å²) in [7, 11) is 0. The first-order chi connectivity index (χ1) is 10.4. The number of nitrogens with zero attached hydrogens (tertiary/aromatic N) is 2. The van der Waals surface area contributed by atoms with Gasteiger partial charge in [0.1, 0.15) is 11.3 Å². The molecule has 120 valence electrons. The average molecular weight is 344 g/mol. The summed E-state index contributed by atoms with van der Waals surface area (Å²) in [4.78, 5) is 17.2. The van der Waals surface area contributed by atoms with E-state index < -0.39 is 0 Å². The van der Waals surface area contributed by atoms with Crippen LogP contribution in [0.1, 0.15) is 26.6 Å². The molecule has 2 N–H and O–H groups in total. The zero-order valence-corrected chi connectivity index (χ0v) is 14.3. The SMILES string of the molecule is CCNCc1nc2c(O)c(Cl)cc(Cl)c2c(=O)n1CC(C)C. The fourth-order valence-electron chi connectivity index (χ4n) is 2.28. The van der Waals surface area contributed by atoms with Gasteiger partial charge in [-0.1, -0.05) is 44.0 Å². The molecule has 0 aliphatic heterocycles. The summed E-state index contributed by atoms with van der Waals surface area (Å²) in [6.45, 7) is 7.72. The largest absolute Gasteiger partial charge is 0.504 e. The third-order valence-corrected chi connectivity index (χ3v) is 3.86. The fraction of sp³-hybridized carbons (Fsp3) is 0.467. The molecule has 5 nitrogen and oxygen atoms in total. The summed E-state index contributed by atoms with van der Waals surface area (Å²) in [5.74, 6) is 0.617. The highest BCUT2D eigenvalue weighted by molar-refractivity contribution is 6.39. The van der Waals surface area contributed by atoms with Crippen LogP contribution in [0.3, 0.4) is 0 Å². The first-order valence-corrected chi connectivity index (χ1v) is 7.93. The van der Waals surface area contributed by atoms with Crippen molar-refractivity contribution in [2.45, 2.75) is 33.9 Å². The van der Waals surface area contributed by atoms with Gasteiger partial charge in [0.2, 0.25) is 0 Å². The lowest BCUT2D eigenvalue weighted by molar-refractivity contribution is 0.471. The molecule has 0 fully saturated rings. The number of hydrogen-bond donors (Lipinski definition) is 2. The van der Waals surface area contributed by atoms with E-state index in [-0.39, 0.29) is 38.2 Å². The van der Waals surface area contributed by atoms with Gasteiger partial charge >= 0.3 is 0 Å². The summed E-state index contributed by atoms with van der Waals surface area (Å²) in [5.41, 5.74) is -0.112. The third kappa shape index (κ3) is 3.21. The highest BCUT2D eigenvalue weighted by Crippen LogP contribution is 2.34. The van der Waals surface area contributed by atoms with Gasteiger partial charge in [-0.3, -0.25) is 9.36 Å². The Bertz CT molecular complexity index is 757. The Morgan fingerprint density at radius 3 is 2.64 bits per heavy atom. The third-order valence-electron chi connectivity index (χ3n) is 3.27. The lowest BCUT2D eigenvalue weighted by Crippen LogP contribution is -2.30. The van der Waals surface area contributed by atoms with Crippen LogP contribution in [0.5, 0.6) is 5.75 Å². The van der Waals surface area contributed by atoms with E-state index in [1.165, 1.54) is 6.07 Å². The van der Waals surface area contributed by atoms with E-state index in [1.54, 1.807) is 4.57 Å². The number of phenols is 1. The highest BCUT2D eigenvalue weighted by Gasteiger charge is 2.18. The first kappa shape index (κ1) is 17.1. The molecule has 0 saturated heterocycles. The molecule has 22 heavy (non-hydrogen) atoms. The van der Waals surface area contributed by atoms with Gasteiger partial charge in [-0.15, -0.1) is 0 Å². The number of halogens is 2. The standard InChI is InChI=1S/C15H19Cl2N3O2/c1-4-18-6-11-19-13-12(9(16)5-10(17)14(13)21)15(22)20(11)7-8(2)3/h5,8,18,21H,4,6-7H2,1-3H3. The maximum absolute atomic E-state index is 12.8. The quantitative estimate of drug-likeness (QED) is 0.874. The summed E-state index contributed by atoms with van der Waals surface area (Å²) >= 11 is 12.1. The first-order valence-electron chi connectivity index (χ1n) is 7.17. The summed E-state index contributed by atoms with van der Waals surface area (Å²) in [6.07, 6.45) is 0. The molecule has 0 unspecified atom stereocenters. The number of nitrogens with one attached hydrogen (secondary N) is 1. The van der Waals surface area contributed by atoms with E-state index in [9.17, 15) is 9.90 Å². The minimum absolute atomic E-state index is 0.0837. The summed E-state index contributed by atoms with van der Waals surface area (Å²) in [6, 6.07) is 1.37. The molecule has 0 amide bonds. The van der Waals surface area contributed by atoms with Crippen molar-refractivity contribution in [3.63, 3.8) is 0 Å². The van der Waals surface area contributed by atoms with Crippen LogP contribution >= 0.6 is 23.2 Å². The van der Waals surface area contributed by atoms with Gasteiger partial charge in [0.15, 0.2) is 5.75 Å². The second kappa shape index (κ2) is 6.86. The van der Waals surface area contributed by atoms with Crippen LogP contribution in [-0.2, 0) is 13.1 Å². The number of hydrogen-bond acceptors (Lipinski definition) is 4. The van der Waals surface area contributed by atoms with Crippen LogP contribution in [-0.4, -0.2) is 21.2 Å². The van der Waals surface area contributed by atoms with Crippen LogP contribution in [0.4, 0.5) is 0 Å². The summed E-state index contributed by atoms with van der Waals surface area (Å²) in [5, 5.41) is 13.7. The topological polar surface area (TPSA) is 67.2 Å². The van der Waals surface area contributed by atoms with E-state index in [1.807, 2.05) is 20.8 Å². The van der Waals surface area contributed by atoms with Gasteiger partial charge in [0.05, 0.1) is 22.0 Å². The van der Waals surface area contributed by atoms with Gasteiger partial charge in [-0.2, -0.15) is 0 Å². The zero-order valence-electron chi connectivity index (χ0n) is 12.8. The smallest absolute Gasteiger partial charge is 0.263 e. The Morgan fingerprint density at radius 2 is 2.05 bits per heavy atom. The number of aromatic hydroxyl groups is 1. The van der Waals surface area contributed by atoms with Gasteiger partial charge < -0.3 is 10.4 Å². The molecular formula is C15H19Cl2N3O2. The second-order valence-corrected chi connectivity index (χ2v) is 6.34. The van der Waals surface area contributed by atoms with Gasteiger partial charge in [0.25, 0.3) is 5.56 Å². The molecule has 0 radical (unpaired) electrons. The van der Waals surface area contributed by atoms with Crippen molar-refractivity contribution >= 4 is 34.1 Å². The minimum atomic E-state index is -0.261. The molecule has 1 aromatic carbocycles. The van der Waals surface area contributed by atoms with Crippen LogP contribution in [0, 0.1) is 5.92 Å². The average Bonchev–Trinajstić information content (AvgIpc) is 2.44. The lowest BCUT2D eigenvalue weighted by atomic mass is 10.2. The Morgan fingerprint density at radius 1 is 1.36 bits per heavy atom. The van der Waals surface area contributed by atoms with Crippen LogP contribution in [0.2, 0.25) is 10.0 Å². The van der Waals surface area contributed by atoms with E-state index in [2.05, 4.69) is 10.3 Å². The molecule has 1 aromatic heterocycles. The van der Waals surface area contributed by atoms with Gasteiger partial charge in [0, 0.05) is 6.54 Å². The molecule has 0 atom stereocenters. The molecule has 0 aliphatic carbocycles. The molecule has 0 saturated carbocycles. The molecule has 2 rings (SSSR count). The number of phenolic OH excluding ortho intramolecular Hbond substituents is 1. The monoisotopic (exact) mass is 343 g/mol. The molecule has 0 aliphatic rings. The molecule has 1 heterocycles. The summed E-state index contributed by atoms with van der Waals surface area (Å²) < 4.78 is 1.61. The Labute approximate surface area is 138 Å². The Hall–Kier alpha value is -1.30. The number of benzene rings is 1. The van der Waals surface area contributed by atoms with Crippen molar-refractivity contribution < 1.29 is 5.11 Å². The maximum Gasteiger partial charge on any atom is 0.263 e. The molecule has 2 aromatic rings. The van der Waals surface area contributed by atoms with E-state index >= 15 is 0 Å². The molecule has 0 bridgehead atoms. The van der Waals surface area contributed by atoms with Crippen molar-refractivity contribution in [2.75, 3.05) is 6.54 Å². The number of fused-ring (bicyclic) bond motifs is 1. The van der Waals surface area contributed by atoms with E-state index in [4.69, 9.17) is 23.2 Å². The normalized spacial score (nSPS) is 11.5. The van der Waals surface area contributed by atoms with E-state index in [0.29, 0.717) is 18.9 Å². The number of rotatable bonds is 5. The van der Waals surface area contributed by atoms with Crippen molar-refractivity contribution in [3.8, 4) is 5.75 Å². The second-order valence-electron chi connectivity index (χ2n) is 5.53. The predicted molar refractivity (Wildman–Crippen MR) is 89.9 cm³/mol. The van der Waals surface area contributed by atoms with Crippen molar-refractivity contribution in [1.82, 2.24) is 14.9 Å². The highest BCUT2D eigenvalue weighted by atomic mass is 35.5. The molecule has 7 heteroatoms. The molecular weight excluding hydrogens is 325 g/mol. The Kier molecular flexibility index (Phi) is 5.32. The van der Waals surface area contributed by atoms with Crippen LogP contribution < -0.4 is 10.9 Å². The van der Waals surface area contributed by atoms with E-state index in [0.717, 1.165) is 6.54 Å². The fourth-order valence-corrected chi connectivity index (χ4v) is 2.81. The Balaban J connectivity index is 2.80. The molecule has 0 spiro atoms. The van der Waals surface area contributed by atoms with Crippen molar-refractivity contribution in [3.05, 3.63) is 32.3 Å². The van der Waals surface area contributed by atoms with Crippen LogP contribution in [0.15, 0.2) is 10.9 Å². The zero-order chi connectivity index (χ0) is 16.4. The predicted octanol–water partition coefficient (Wildman–Crippen LogP) is 3.17. The number of aromatic nitrogens is 2. The van der Waals surface area contributed by atoms with Gasteiger partial charge in [-0.25, -0.2) is 4.98 Å². The van der Waals surface area contributed by atoms with Crippen molar-refractivity contribution in [1.29, 1.82) is 0 Å².